The molecule has 3 aromatic rings. The van der Waals surface area contributed by atoms with Crippen LogP contribution in [0.15, 0.2) is 72.8 Å². The maximum atomic E-state index is 12.9. The van der Waals surface area contributed by atoms with Gasteiger partial charge >= 0.3 is 0 Å². The summed E-state index contributed by atoms with van der Waals surface area (Å²) >= 11 is 0. The fraction of sp³-hybridized carbons (Fsp3) is 0.208. The number of fused-ring (bicyclic) bond motifs is 1. The van der Waals surface area contributed by atoms with Gasteiger partial charge in [-0.1, -0.05) is 54.6 Å². The topological polar surface area (TPSA) is 50.8 Å². The van der Waals surface area contributed by atoms with Crippen LogP contribution in [0.2, 0.25) is 0 Å². The predicted octanol–water partition coefficient (Wildman–Crippen LogP) is 4.54. The highest BCUT2D eigenvalue weighted by atomic mass is 16.7. The molecule has 1 atom stereocenters. The van der Waals surface area contributed by atoms with E-state index in [9.17, 15) is 4.79 Å². The monoisotopic (exact) mass is 388 g/mol. The molecule has 0 saturated carbocycles. The first-order valence-corrected chi connectivity index (χ1v) is 9.66. The minimum Gasteiger partial charge on any atom is -0.454 e. The third-order valence-corrected chi connectivity index (χ3v) is 5.18. The first kappa shape index (κ1) is 19.0. The minimum absolute atomic E-state index is 0.0448. The van der Waals surface area contributed by atoms with Crippen molar-refractivity contribution in [3.05, 3.63) is 78.4 Å². The number of ether oxygens (including phenoxy) is 2. The molecule has 0 spiro atoms. The number of nitrogens with zero attached hydrogens (tertiary/aromatic N) is 1. The Kier molecular flexibility index (Phi) is 5.49. The quantitative estimate of drug-likeness (QED) is 0.674. The summed E-state index contributed by atoms with van der Waals surface area (Å²) in [5.74, 6) is 1.47. The van der Waals surface area contributed by atoms with E-state index in [1.54, 1.807) is 0 Å². The van der Waals surface area contributed by atoms with Crippen molar-refractivity contribution in [2.75, 3.05) is 19.2 Å². The third kappa shape index (κ3) is 4.25. The molecular formula is C24H24N2O3. The van der Waals surface area contributed by atoms with Gasteiger partial charge in [-0.3, -0.25) is 9.69 Å². The van der Waals surface area contributed by atoms with Crippen LogP contribution in [0, 0.1) is 0 Å². The van der Waals surface area contributed by atoms with Gasteiger partial charge in [0.25, 0.3) is 0 Å². The molecule has 0 bridgehead atoms. The van der Waals surface area contributed by atoms with Crippen molar-refractivity contribution in [1.82, 2.24) is 4.90 Å². The molecule has 0 fully saturated rings. The fourth-order valence-corrected chi connectivity index (χ4v) is 3.36. The van der Waals surface area contributed by atoms with E-state index in [1.165, 1.54) is 0 Å². The second kappa shape index (κ2) is 8.37. The highest BCUT2D eigenvalue weighted by molar-refractivity contribution is 5.98. The molecule has 5 nitrogen and oxygen atoms in total. The van der Waals surface area contributed by atoms with E-state index >= 15 is 0 Å². The molecule has 0 radical (unpaired) electrons. The van der Waals surface area contributed by atoms with Gasteiger partial charge < -0.3 is 14.8 Å². The zero-order valence-corrected chi connectivity index (χ0v) is 16.6. The summed E-state index contributed by atoms with van der Waals surface area (Å²) < 4.78 is 10.8. The smallest absolute Gasteiger partial charge is 0.241 e. The number of nitrogens with one attached hydrogen (secondary N) is 1. The average molecular weight is 388 g/mol. The van der Waals surface area contributed by atoms with E-state index < -0.39 is 0 Å². The van der Waals surface area contributed by atoms with Gasteiger partial charge in [-0.05, 0) is 43.3 Å². The van der Waals surface area contributed by atoms with Crippen LogP contribution in [-0.4, -0.2) is 30.7 Å². The largest absolute Gasteiger partial charge is 0.454 e. The van der Waals surface area contributed by atoms with E-state index in [4.69, 9.17) is 9.47 Å². The van der Waals surface area contributed by atoms with Crippen LogP contribution >= 0.6 is 0 Å². The Bertz CT molecular complexity index is 1000. The van der Waals surface area contributed by atoms with Crippen molar-refractivity contribution in [3.63, 3.8) is 0 Å². The van der Waals surface area contributed by atoms with Gasteiger partial charge in [-0.25, -0.2) is 0 Å². The Balaban J connectivity index is 1.45. The van der Waals surface area contributed by atoms with Gasteiger partial charge in [0.15, 0.2) is 11.5 Å². The number of anilines is 1. The first-order valence-electron chi connectivity index (χ1n) is 9.66. The summed E-state index contributed by atoms with van der Waals surface area (Å²) in [5.41, 5.74) is 3.96. The van der Waals surface area contributed by atoms with E-state index in [0.29, 0.717) is 6.54 Å². The summed E-state index contributed by atoms with van der Waals surface area (Å²) in [6.45, 7) is 2.80. The average Bonchev–Trinajstić information content (AvgIpc) is 3.22. The van der Waals surface area contributed by atoms with Crippen LogP contribution in [0.4, 0.5) is 5.69 Å². The van der Waals surface area contributed by atoms with Crippen LogP contribution in [0.1, 0.15) is 12.5 Å². The van der Waals surface area contributed by atoms with E-state index in [1.807, 2.05) is 91.7 Å². The molecule has 1 aliphatic heterocycles. The second-order valence-corrected chi connectivity index (χ2v) is 7.18. The van der Waals surface area contributed by atoms with Crippen molar-refractivity contribution >= 4 is 11.6 Å². The predicted molar refractivity (Wildman–Crippen MR) is 114 cm³/mol. The SMILES string of the molecule is C[C@@H](C(=O)Nc1ccccc1-c1ccccc1)N(C)Cc1ccc2c(c1)OCO2. The molecule has 1 aliphatic rings. The van der Waals surface area contributed by atoms with Gasteiger partial charge in [0.1, 0.15) is 0 Å². The summed E-state index contributed by atoms with van der Waals surface area (Å²) in [7, 11) is 1.94. The summed E-state index contributed by atoms with van der Waals surface area (Å²) in [6.07, 6.45) is 0. The van der Waals surface area contributed by atoms with Gasteiger partial charge in [-0.2, -0.15) is 0 Å². The molecule has 4 rings (SSSR count). The number of benzene rings is 3. The van der Waals surface area contributed by atoms with Crippen LogP contribution in [0.25, 0.3) is 11.1 Å². The lowest BCUT2D eigenvalue weighted by molar-refractivity contribution is -0.120. The number of carbonyl (C=O) groups is 1. The third-order valence-electron chi connectivity index (χ3n) is 5.18. The molecule has 1 N–H and O–H groups in total. The fourth-order valence-electron chi connectivity index (χ4n) is 3.36. The van der Waals surface area contributed by atoms with Crippen LogP contribution < -0.4 is 14.8 Å². The van der Waals surface area contributed by atoms with Crippen molar-refractivity contribution in [1.29, 1.82) is 0 Å². The standard InChI is InChI=1S/C24H24N2O3/c1-17(26(2)15-18-12-13-22-23(14-18)29-16-28-22)24(27)25-21-11-7-6-10-20(21)19-8-4-3-5-9-19/h3-14,17H,15-16H2,1-2H3,(H,25,27)/t17-/m0/s1. The van der Waals surface area contributed by atoms with Crippen LogP contribution in [0.3, 0.4) is 0 Å². The Morgan fingerprint density at radius 2 is 1.72 bits per heavy atom. The minimum atomic E-state index is -0.302. The van der Waals surface area contributed by atoms with Gasteiger partial charge in [-0.15, -0.1) is 0 Å². The van der Waals surface area contributed by atoms with E-state index in [-0.39, 0.29) is 18.7 Å². The lowest BCUT2D eigenvalue weighted by Crippen LogP contribution is -2.39. The molecule has 1 amide bonds. The molecule has 0 unspecified atom stereocenters. The molecule has 1 heterocycles. The highest BCUT2D eigenvalue weighted by Gasteiger charge is 2.21. The Labute approximate surface area is 170 Å². The maximum Gasteiger partial charge on any atom is 0.241 e. The number of hydrogen-bond acceptors (Lipinski definition) is 4. The number of rotatable bonds is 6. The molecule has 3 aromatic carbocycles. The maximum absolute atomic E-state index is 12.9. The molecule has 29 heavy (non-hydrogen) atoms. The zero-order chi connectivity index (χ0) is 20.2. The van der Waals surface area contributed by atoms with Gasteiger partial charge in [0, 0.05) is 17.8 Å². The molecular weight excluding hydrogens is 364 g/mol. The van der Waals surface area contributed by atoms with Crippen molar-refractivity contribution in [2.45, 2.75) is 19.5 Å². The molecule has 0 aromatic heterocycles. The summed E-state index contributed by atoms with van der Waals surface area (Å²) in [4.78, 5) is 14.9. The van der Waals surface area contributed by atoms with Crippen molar-refractivity contribution in [2.24, 2.45) is 0 Å². The Morgan fingerprint density at radius 1 is 1.00 bits per heavy atom. The zero-order valence-electron chi connectivity index (χ0n) is 16.6. The van der Waals surface area contributed by atoms with Crippen molar-refractivity contribution in [3.8, 4) is 22.6 Å². The highest BCUT2D eigenvalue weighted by Crippen LogP contribution is 2.33. The van der Waals surface area contributed by atoms with Crippen molar-refractivity contribution < 1.29 is 14.3 Å². The molecule has 148 valence electrons. The molecule has 5 heteroatoms. The van der Waals surface area contributed by atoms with Gasteiger partial charge in [0.2, 0.25) is 12.7 Å². The lowest BCUT2D eigenvalue weighted by Gasteiger charge is -2.24. The number of para-hydroxylation sites is 1. The molecule has 0 aliphatic carbocycles. The second-order valence-electron chi connectivity index (χ2n) is 7.18. The number of carbonyl (C=O) groups excluding carboxylic acids is 1. The van der Waals surface area contributed by atoms with E-state index in [0.717, 1.165) is 33.9 Å². The first-order chi connectivity index (χ1) is 14.1. The summed E-state index contributed by atoms with van der Waals surface area (Å²) in [5, 5.41) is 3.09. The number of amides is 1. The normalized spacial score (nSPS) is 13.3. The summed E-state index contributed by atoms with van der Waals surface area (Å²) in [6, 6.07) is 23.5. The van der Waals surface area contributed by atoms with Crippen LogP contribution in [0.5, 0.6) is 11.5 Å². The number of hydrogen-bond donors (Lipinski definition) is 1. The molecule has 0 saturated heterocycles. The van der Waals surface area contributed by atoms with E-state index in [2.05, 4.69) is 5.32 Å². The van der Waals surface area contributed by atoms with Crippen LogP contribution in [-0.2, 0) is 11.3 Å². The number of likely N-dealkylation sites (N-methyl/N-ethyl adjacent to an activating group) is 1. The Hall–Kier alpha value is -3.31. The Morgan fingerprint density at radius 3 is 2.55 bits per heavy atom. The lowest BCUT2D eigenvalue weighted by atomic mass is 10.0. The van der Waals surface area contributed by atoms with Gasteiger partial charge in [0.05, 0.1) is 6.04 Å².